The van der Waals surface area contributed by atoms with Crippen molar-refractivity contribution in [3.63, 3.8) is 0 Å². The molecule has 8 heteroatoms. The number of methoxy groups -OCH3 is 1. The summed E-state index contributed by atoms with van der Waals surface area (Å²) < 4.78 is 9.79. The maximum Gasteiger partial charge on any atom is 0.414 e. The number of benzene rings is 1. The zero-order chi connectivity index (χ0) is 16.9. The molecule has 1 aromatic carbocycles. The number of ether oxygens (including phenoxy) is 2. The lowest BCUT2D eigenvalue weighted by atomic mass is 10.2. The van der Waals surface area contributed by atoms with Gasteiger partial charge in [-0.05, 0) is 30.0 Å². The molecule has 0 atom stereocenters. The van der Waals surface area contributed by atoms with Gasteiger partial charge < -0.3 is 19.3 Å². The smallest absolute Gasteiger partial charge is 0.414 e. The maximum atomic E-state index is 11.8. The molecule has 0 aromatic heterocycles. The zero-order valence-electron chi connectivity index (χ0n) is 13.1. The molecule has 120 valence electrons. The fourth-order valence-electron chi connectivity index (χ4n) is 1.31. The highest BCUT2D eigenvalue weighted by molar-refractivity contribution is 8.13. The first-order valence-corrected chi connectivity index (χ1v) is 7.08. The van der Waals surface area contributed by atoms with E-state index in [0.717, 1.165) is 11.8 Å². The normalized spacial score (nSPS) is 9.86. The highest BCUT2D eigenvalue weighted by Gasteiger charge is 2.15. The molecular formula is C14H18N2O5S. The average Bonchev–Trinajstić information content (AvgIpc) is 2.45. The molecule has 1 aromatic rings. The lowest BCUT2D eigenvalue weighted by Gasteiger charge is -2.13. The number of hydrogen-bond donors (Lipinski definition) is 0. The number of rotatable bonds is 3. The Morgan fingerprint density at radius 2 is 1.64 bits per heavy atom. The summed E-state index contributed by atoms with van der Waals surface area (Å²) in [6, 6.07) is 4.40. The van der Waals surface area contributed by atoms with Gasteiger partial charge in [0.25, 0.3) is 5.24 Å². The van der Waals surface area contributed by atoms with Crippen LogP contribution in [0.25, 0.3) is 0 Å². The Labute approximate surface area is 133 Å². The van der Waals surface area contributed by atoms with Gasteiger partial charge in [-0.2, -0.15) is 0 Å². The van der Waals surface area contributed by atoms with Crippen molar-refractivity contribution in [3.8, 4) is 5.75 Å². The van der Waals surface area contributed by atoms with Crippen LogP contribution >= 0.6 is 11.8 Å². The van der Waals surface area contributed by atoms with Crippen LogP contribution in [0.4, 0.5) is 9.59 Å². The molecule has 0 saturated heterocycles. The van der Waals surface area contributed by atoms with Crippen molar-refractivity contribution in [1.29, 1.82) is 0 Å². The molecule has 0 bridgehead atoms. The van der Waals surface area contributed by atoms with E-state index in [9.17, 15) is 14.4 Å². The molecule has 0 N–H and O–H groups in total. The number of thioether (sulfide) groups is 1. The molecule has 2 amide bonds. The van der Waals surface area contributed by atoms with Crippen LogP contribution in [0.1, 0.15) is 10.4 Å². The van der Waals surface area contributed by atoms with Crippen LogP contribution in [-0.2, 0) is 4.74 Å². The van der Waals surface area contributed by atoms with E-state index < -0.39 is 12.1 Å². The van der Waals surface area contributed by atoms with Crippen LogP contribution in [0, 0.1) is 0 Å². The number of hydrogen-bond acceptors (Lipinski definition) is 6. The first-order valence-electron chi connectivity index (χ1n) is 6.26. The van der Waals surface area contributed by atoms with Crippen LogP contribution in [0.3, 0.4) is 0 Å². The molecule has 0 aliphatic heterocycles. The van der Waals surface area contributed by atoms with E-state index in [4.69, 9.17) is 4.74 Å². The Balaban J connectivity index is 3.13. The minimum Gasteiger partial charge on any atom is -0.465 e. The SMILES string of the molecule is COC(=O)c1cc(OC(=O)N(C)C)cc(SC(=O)N(C)C)c1. The molecule has 22 heavy (non-hydrogen) atoms. The molecule has 0 unspecified atom stereocenters. The number of nitrogens with zero attached hydrogens (tertiary/aromatic N) is 2. The van der Waals surface area contributed by atoms with Crippen molar-refractivity contribution in [2.24, 2.45) is 0 Å². The fourth-order valence-corrected chi connectivity index (χ4v) is 2.05. The van der Waals surface area contributed by atoms with Crippen LogP contribution < -0.4 is 4.74 Å². The van der Waals surface area contributed by atoms with Crippen molar-refractivity contribution < 1.29 is 23.9 Å². The van der Waals surface area contributed by atoms with Crippen LogP contribution in [0.2, 0.25) is 0 Å². The standard InChI is InChI=1S/C14H18N2O5S/c1-15(2)13(18)21-10-6-9(12(17)20-5)7-11(8-10)22-14(19)16(3)4/h6-8H,1-5H3. The van der Waals surface area contributed by atoms with Gasteiger partial charge in [0, 0.05) is 33.1 Å². The van der Waals surface area contributed by atoms with Crippen LogP contribution in [0.15, 0.2) is 23.1 Å². The molecule has 7 nitrogen and oxygen atoms in total. The number of esters is 1. The largest absolute Gasteiger partial charge is 0.465 e. The zero-order valence-corrected chi connectivity index (χ0v) is 13.9. The summed E-state index contributed by atoms with van der Waals surface area (Å²) in [4.78, 5) is 38.2. The molecule has 0 saturated carbocycles. The monoisotopic (exact) mass is 326 g/mol. The molecule has 0 spiro atoms. The lowest BCUT2D eigenvalue weighted by Crippen LogP contribution is -2.25. The Morgan fingerprint density at radius 3 is 2.14 bits per heavy atom. The van der Waals surface area contributed by atoms with Gasteiger partial charge in [-0.1, -0.05) is 0 Å². The van der Waals surface area contributed by atoms with E-state index in [1.807, 2.05) is 0 Å². The lowest BCUT2D eigenvalue weighted by molar-refractivity contribution is 0.0599. The minimum absolute atomic E-state index is 0.163. The van der Waals surface area contributed by atoms with Gasteiger partial charge in [0.2, 0.25) is 0 Å². The molecule has 0 fully saturated rings. The second-order valence-electron chi connectivity index (χ2n) is 4.71. The van der Waals surface area contributed by atoms with Gasteiger partial charge in [-0.15, -0.1) is 0 Å². The van der Waals surface area contributed by atoms with Gasteiger partial charge in [0.05, 0.1) is 12.7 Å². The predicted octanol–water partition coefficient (Wildman–Crippen LogP) is 2.31. The summed E-state index contributed by atoms with van der Waals surface area (Å²) in [5.41, 5.74) is 0.195. The second kappa shape index (κ2) is 7.69. The molecule has 0 heterocycles. The summed E-state index contributed by atoms with van der Waals surface area (Å²) in [5.74, 6) is -0.419. The first kappa shape index (κ1) is 17.8. The third-order valence-electron chi connectivity index (χ3n) is 2.44. The average molecular weight is 326 g/mol. The van der Waals surface area contributed by atoms with Crippen molar-refractivity contribution >= 4 is 29.1 Å². The summed E-state index contributed by atoms with van der Waals surface area (Å²) in [6.45, 7) is 0. The number of amides is 2. The van der Waals surface area contributed by atoms with Gasteiger partial charge in [-0.25, -0.2) is 9.59 Å². The fraction of sp³-hybridized carbons (Fsp3) is 0.357. The van der Waals surface area contributed by atoms with E-state index in [1.165, 1.54) is 49.2 Å². The minimum atomic E-state index is -0.586. The molecule has 1 rings (SSSR count). The van der Waals surface area contributed by atoms with Gasteiger partial charge in [0.1, 0.15) is 5.75 Å². The Bertz CT molecular complexity index is 546. The van der Waals surface area contributed by atoms with Gasteiger partial charge >= 0.3 is 12.1 Å². The van der Waals surface area contributed by atoms with E-state index in [-0.39, 0.29) is 16.6 Å². The van der Waals surface area contributed by atoms with Crippen molar-refractivity contribution in [2.45, 2.75) is 4.90 Å². The third-order valence-corrected chi connectivity index (χ3v) is 3.45. The Kier molecular flexibility index (Phi) is 6.24. The number of carbonyl (C=O) groups is 3. The van der Waals surface area contributed by atoms with Gasteiger partial charge in [0.15, 0.2) is 0 Å². The quantitative estimate of drug-likeness (QED) is 0.627. The topological polar surface area (TPSA) is 76.1 Å². The molecule has 0 aliphatic carbocycles. The van der Waals surface area contributed by atoms with Gasteiger partial charge in [-0.3, -0.25) is 4.79 Å². The number of carbonyl (C=O) groups excluding carboxylic acids is 3. The van der Waals surface area contributed by atoms with Crippen molar-refractivity contribution in [2.75, 3.05) is 35.3 Å². The second-order valence-corrected chi connectivity index (χ2v) is 5.73. The van der Waals surface area contributed by atoms with Crippen LogP contribution in [0.5, 0.6) is 5.75 Å². The molecular weight excluding hydrogens is 308 g/mol. The highest BCUT2D eigenvalue weighted by Crippen LogP contribution is 2.27. The van der Waals surface area contributed by atoms with E-state index in [0.29, 0.717) is 4.90 Å². The molecule has 0 radical (unpaired) electrons. The van der Waals surface area contributed by atoms with E-state index in [2.05, 4.69) is 4.74 Å². The first-order chi connectivity index (χ1) is 10.2. The Hall–Kier alpha value is -2.22. The van der Waals surface area contributed by atoms with E-state index in [1.54, 1.807) is 14.1 Å². The van der Waals surface area contributed by atoms with Crippen molar-refractivity contribution in [1.82, 2.24) is 9.80 Å². The molecule has 0 aliphatic rings. The summed E-state index contributed by atoms with van der Waals surface area (Å²) in [5, 5.41) is -0.216. The summed E-state index contributed by atoms with van der Waals surface area (Å²) in [6.07, 6.45) is -0.586. The summed E-state index contributed by atoms with van der Waals surface area (Å²) in [7, 11) is 7.56. The Morgan fingerprint density at radius 1 is 1.00 bits per heavy atom. The maximum absolute atomic E-state index is 11.8. The summed E-state index contributed by atoms with van der Waals surface area (Å²) >= 11 is 0.918. The third kappa shape index (κ3) is 4.96. The van der Waals surface area contributed by atoms with Crippen molar-refractivity contribution in [3.05, 3.63) is 23.8 Å². The van der Waals surface area contributed by atoms with Crippen LogP contribution in [-0.4, -0.2) is 62.4 Å². The highest BCUT2D eigenvalue weighted by atomic mass is 32.2. The van der Waals surface area contributed by atoms with E-state index >= 15 is 0 Å². The predicted molar refractivity (Wildman–Crippen MR) is 82.4 cm³/mol.